The summed E-state index contributed by atoms with van der Waals surface area (Å²) in [5.41, 5.74) is 5.35. The maximum absolute atomic E-state index is 12.3. The summed E-state index contributed by atoms with van der Waals surface area (Å²) in [6.07, 6.45) is 3.25. The minimum atomic E-state index is -5.57. The number of nitrogens with one attached hydrogen (secondary N) is 1. The van der Waals surface area contributed by atoms with Crippen LogP contribution in [-0.2, 0) is 34.5 Å². The first kappa shape index (κ1) is 26.5. The Morgan fingerprint density at radius 2 is 2.18 bits per heavy atom. The van der Waals surface area contributed by atoms with Crippen LogP contribution in [0.15, 0.2) is 11.1 Å². The molecule has 0 amide bonds. The first-order valence-electron chi connectivity index (χ1n) is 9.66. The minimum Gasteiger partial charge on any atom is -0.756 e. The van der Waals surface area contributed by atoms with Crippen LogP contribution in [0.5, 0.6) is 0 Å². The van der Waals surface area contributed by atoms with Crippen molar-refractivity contribution in [2.24, 2.45) is 13.0 Å². The molecule has 1 aliphatic rings. The normalized spacial score (nSPS) is 26.2. The number of aromatic nitrogens is 4. The molecule has 1 saturated heterocycles. The van der Waals surface area contributed by atoms with E-state index in [0.29, 0.717) is 0 Å². The number of phosphoric acid groups is 2. The third-order valence-corrected chi connectivity index (χ3v) is 7.10. The molecule has 0 radical (unpaired) electrons. The number of nitrogens with two attached hydrogens (primary N) is 1. The maximum atomic E-state index is 12.3. The molecule has 3 heterocycles. The fourth-order valence-electron chi connectivity index (χ4n) is 3.67. The van der Waals surface area contributed by atoms with Crippen molar-refractivity contribution in [1.29, 1.82) is 0 Å². The monoisotopic (exact) mass is 523 g/mol. The molecule has 0 spiro atoms. The van der Waals surface area contributed by atoms with Gasteiger partial charge in [-0.3, -0.25) is 18.9 Å². The molecule has 1 fully saturated rings. The number of terminal acetylenes is 1. The van der Waals surface area contributed by atoms with Gasteiger partial charge < -0.3 is 35.0 Å². The summed E-state index contributed by atoms with van der Waals surface area (Å²) < 4.78 is 44.8. The zero-order valence-corrected chi connectivity index (χ0v) is 19.5. The van der Waals surface area contributed by atoms with E-state index < -0.39 is 52.2 Å². The number of H-pyrrole nitrogens is 1. The quantitative estimate of drug-likeness (QED) is 0.0950. The van der Waals surface area contributed by atoms with E-state index in [1.54, 1.807) is 7.05 Å². The number of fused-ring (bicyclic) bond motifs is 1. The summed E-state index contributed by atoms with van der Waals surface area (Å²) in [7, 11) is -9.23. The highest BCUT2D eigenvalue weighted by Gasteiger charge is 2.49. The van der Waals surface area contributed by atoms with E-state index in [-0.39, 0.29) is 36.7 Å². The van der Waals surface area contributed by atoms with Gasteiger partial charge >= 0.3 is 13.4 Å². The number of hydrogen-bond acceptors (Lipinski definition) is 11. The highest BCUT2D eigenvalue weighted by Crippen LogP contribution is 2.56. The van der Waals surface area contributed by atoms with Crippen LogP contribution in [0, 0.1) is 18.3 Å². The Hall–Kier alpha value is -2.15. The summed E-state index contributed by atoms with van der Waals surface area (Å²) in [5.74, 6) is 1.35. The van der Waals surface area contributed by atoms with Gasteiger partial charge in [-0.25, -0.2) is 13.4 Å². The lowest BCUT2D eigenvalue weighted by atomic mass is 9.95. The molecule has 16 nitrogen and oxygen atoms in total. The van der Waals surface area contributed by atoms with Crippen molar-refractivity contribution < 1.29 is 51.8 Å². The number of hydrogen-bond donors (Lipinski definition) is 5. The number of aromatic amines is 1. The second kappa shape index (κ2) is 10.2. The lowest BCUT2D eigenvalue weighted by Gasteiger charge is -2.22. The highest BCUT2D eigenvalue weighted by atomic mass is 31.3. The topological polar surface area (TPSA) is 235 Å². The fourth-order valence-corrected chi connectivity index (χ4v) is 5.24. The van der Waals surface area contributed by atoms with Crippen LogP contribution in [-0.4, -0.2) is 61.5 Å². The molecule has 0 saturated carbocycles. The molecule has 2 aromatic heterocycles. The van der Waals surface area contributed by atoms with Crippen LogP contribution in [0.1, 0.15) is 12.6 Å². The van der Waals surface area contributed by atoms with Crippen molar-refractivity contribution in [1.82, 2.24) is 14.5 Å². The molecule has 0 aromatic carbocycles. The van der Waals surface area contributed by atoms with Gasteiger partial charge in [0.25, 0.3) is 19.0 Å². The van der Waals surface area contributed by atoms with Crippen LogP contribution in [0.25, 0.3) is 11.2 Å². The molecule has 1 aliphatic heterocycles. The smallest absolute Gasteiger partial charge is 0.478 e. The van der Waals surface area contributed by atoms with E-state index in [9.17, 15) is 28.8 Å². The number of nitrogen functional groups attached to an aromatic ring is 1. The number of aliphatic hydroxyl groups is 1. The van der Waals surface area contributed by atoms with Gasteiger partial charge in [-0.2, -0.15) is 9.55 Å². The van der Waals surface area contributed by atoms with Gasteiger partial charge in [-0.15, -0.1) is 6.42 Å². The van der Waals surface area contributed by atoms with Gasteiger partial charge in [0.2, 0.25) is 18.5 Å². The number of phosphoric ester groups is 1. The Bertz CT molecular complexity index is 1230. The van der Waals surface area contributed by atoms with Gasteiger partial charge in [0.1, 0.15) is 12.7 Å². The van der Waals surface area contributed by atoms with Crippen molar-refractivity contribution in [3.63, 3.8) is 0 Å². The first-order valence-corrected chi connectivity index (χ1v) is 12.6. The van der Waals surface area contributed by atoms with Crippen LogP contribution in [0.4, 0.5) is 5.95 Å². The van der Waals surface area contributed by atoms with Crippen LogP contribution >= 0.6 is 15.6 Å². The second-order valence-corrected chi connectivity index (χ2v) is 10.1. The Labute approximate surface area is 192 Å². The summed E-state index contributed by atoms with van der Waals surface area (Å²) in [6, 6.07) is 0. The zero-order chi connectivity index (χ0) is 25.3. The number of ether oxygens (including phenoxy) is 2. The molecule has 6 atom stereocenters. The molecule has 0 aliphatic carbocycles. The third-order valence-electron chi connectivity index (χ3n) is 4.98. The number of rotatable bonds is 10. The van der Waals surface area contributed by atoms with Gasteiger partial charge in [0.15, 0.2) is 0 Å². The molecular formula is C16H23N5O11P2. The predicted molar refractivity (Wildman–Crippen MR) is 110 cm³/mol. The van der Waals surface area contributed by atoms with Crippen LogP contribution < -0.4 is 20.8 Å². The highest BCUT2D eigenvalue weighted by molar-refractivity contribution is 7.60. The Balaban J connectivity index is 1.88. The van der Waals surface area contributed by atoms with E-state index >= 15 is 0 Å². The standard InChI is InChI=1S/C16H23N5O11P2/c1-3-5-29-6-4-9-10(7-30-34(27,28)32-33(24,25)26)31-15(12(9)22)21-8-20(2)11-13(21)18-16(17)19-14(11)23/h1,8-10,12,15,22H,4-7H2,2H3,(H5-,17,18,19,23,24,25,26,27,28)/t9-,10-,12-,15-/m1/s1. The molecule has 0 bridgehead atoms. The number of aryl methyl sites for hydroxylation is 1. The van der Waals surface area contributed by atoms with Crippen molar-refractivity contribution >= 4 is 32.8 Å². The van der Waals surface area contributed by atoms with Gasteiger partial charge in [-0.1, -0.05) is 5.92 Å². The SMILES string of the molecule is C#CCOCC[C@H]1[C@@H](O)[C@H](n2c[n+](C)c3c(=O)[nH]c(N)nc32)O[C@@H]1COP(=O)(O)OP(=O)([O-])O. The zero-order valence-electron chi connectivity index (χ0n) is 17.7. The molecule has 34 heavy (non-hydrogen) atoms. The van der Waals surface area contributed by atoms with Crippen LogP contribution in [0.3, 0.4) is 0 Å². The summed E-state index contributed by atoms with van der Waals surface area (Å²) in [4.78, 5) is 47.7. The van der Waals surface area contributed by atoms with E-state index in [0.717, 1.165) is 0 Å². The molecule has 6 N–H and O–H groups in total. The summed E-state index contributed by atoms with van der Waals surface area (Å²) in [6.45, 7) is -0.612. The van der Waals surface area contributed by atoms with Crippen molar-refractivity contribution in [3.05, 3.63) is 16.7 Å². The van der Waals surface area contributed by atoms with E-state index in [1.165, 1.54) is 15.5 Å². The predicted octanol–water partition coefficient (Wildman–Crippen LogP) is -2.36. The van der Waals surface area contributed by atoms with Crippen molar-refractivity contribution in [2.75, 3.05) is 25.6 Å². The number of nitrogens with zero attached hydrogens (tertiary/aromatic N) is 3. The van der Waals surface area contributed by atoms with E-state index in [1.807, 2.05) is 0 Å². The summed E-state index contributed by atoms with van der Waals surface area (Å²) in [5, 5.41) is 11.0. The molecule has 2 unspecified atom stereocenters. The number of imidazole rings is 1. The molecule has 188 valence electrons. The average Bonchev–Trinajstić information content (AvgIpc) is 3.18. The second-order valence-electron chi connectivity index (χ2n) is 7.34. The molecule has 3 rings (SSSR count). The lowest BCUT2D eigenvalue weighted by molar-refractivity contribution is -0.646. The fraction of sp³-hybridized carbons (Fsp3) is 0.562. The molecule has 2 aromatic rings. The van der Waals surface area contributed by atoms with Crippen LogP contribution in [0.2, 0.25) is 0 Å². The van der Waals surface area contributed by atoms with E-state index in [4.69, 9.17) is 26.5 Å². The Kier molecular flexibility index (Phi) is 7.96. The minimum absolute atomic E-state index is 0.00722. The number of aliphatic hydroxyl groups excluding tert-OH is 1. The average molecular weight is 523 g/mol. The van der Waals surface area contributed by atoms with Gasteiger partial charge in [0.05, 0.1) is 19.8 Å². The first-order chi connectivity index (χ1) is 15.8. The lowest BCUT2D eigenvalue weighted by Crippen LogP contribution is -2.32. The molecular weight excluding hydrogens is 500 g/mol. The molecule has 18 heteroatoms. The Morgan fingerprint density at radius 3 is 2.82 bits per heavy atom. The third kappa shape index (κ3) is 6.09. The van der Waals surface area contributed by atoms with Crippen molar-refractivity contribution in [2.45, 2.75) is 24.9 Å². The number of anilines is 1. The van der Waals surface area contributed by atoms with Crippen molar-refractivity contribution in [3.8, 4) is 12.3 Å². The maximum Gasteiger partial charge on any atom is 0.478 e. The Morgan fingerprint density at radius 1 is 1.47 bits per heavy atom. The van der Waals surface area contributed by atoms with E-state index in [2.05, 4.69) is 24.7 Å². The largest absolute Gasteiger partial charge is 0.756 e. The summed E-state index contributed by atoms with van der Waals surface area (Å²) >= 11 is 0. The van der Waals surface area contributed by atoms with Gasteiger partial charge in [-0.05, 0) is 6.42 Å². The van der Waals surface area contributed by atoms with Gasteiger partial charge in [0, 0.05) is 12.5 Å².